The summed E-state index contributed by atoms with van der Waals surface area (Å²) < 4.78 is 68.5. The van der Waals surface area contributed by atoms with Gasteiger partial charge in [-0.1, -0.05) is 290 Å². The van der Waals surface area contributed by atoms with Crippen LogP contribution in [-0.2, 0) is 65.4 Å². The standard InChI is InChI=1S/C93H142O17P2/c1-5-9-13-17-21-25-29-33-37-40-43-46-50-53-57-61-65-69-73-77-90(95)103-83-88(109-92(97)79-75-71-67-63-59-55-49-36-32-28-24-20-16-12-8-4)85-107-111(99,100)105-81-87(94)82-106-112(101,102)108-86-89(110-93(98)80-76-72-68-64-60-56-52-48-45-42-39-35-31-27-23-19-15-11-7-3)84-104-91(96)78-74-70-66-62-58-54-51-47-44-41-38-34-30-26-22-18-14-10-6-2/h9-16,21-28,33-39,43-49,53-54,56-60,63,71,75,87-89,94H,5-8,17-20,29-32,40-42,50-52,55,61-62,64-70,72-74,76-86H2,1-4H3,(H,99,100)(H,101,102)/b13-9-,14-10-,15-11-,16-12-,25-21-,26-22-,27-23-,28-24-,37-33-,38-34-,39-35-,46-43-,47-44-,48-45-,49-36-,57-53-,58-54-,60-56-,63-59-,75-71-. The predicted octanol–water partition coefficient (Wildman–Crippen LogP) is 24.8. The SMILES string of the molecule is CC/C=C\C/C=C\C/C=C\C/C=C\C/C=C\CCCCCC(=O)OCC(COP(=O)(O)OCC(O)COP(=O)(O)OCC(COC(=O)CCCCC/C=C\C/C=C\C/C=C\C/C=C\C/C=C\CC)OC(=O)CCCCC/C=C\C/C=C\C/C=C\C/C=C\C/C=C\CC)OC(=O)C/C=C\C/C=C\C/C=C\C/C=C\C/C=C\CC. The first kappa shape index (κ1) is 105. The molecule has 0 rings (SSSR count). The van der Waals surface area contributed by atoms with Gasteiger partial charge < -0.3 is 33.8 Å². The van der Waals surface area contributed by atoms with Crippen molar-refractivity contribution in [3.63, 3.8) is 0 Å². The number of allylic oxidation sites excluding steroid dienone is 39. The van der Waals surface area contributed by atoms with Gasteiger partial charge in [0.2, 0.25) is 0 Å². The average molecular weight is 1590 g/mol. The van der Waals surface area contributed by atoms with Gasteiger partial charge in [-0.2, -0.15) is 0 Å². The lowest BCUT2D eigenvalue weighted by Crippen LogP contribution is -2.30. The van der Waals surface area contributed by atoms with Gasteiger partial charge in [0.15, 0.2) is 12.2 Å². The molecule has 0 radical (unpaired) electrons. The van der Waals surface area contributed by atoms with Gasteiger partial charge in [0.1, 0.15) is 19.3 Å². The molecule has 0 aliphatic rings. The van der Waals surface area contributed by atoms with E-state index in [-0.39, 0.29) is 25.7 Å². The van der Waals surface area contributed by atoms with Gasteiger partial charge >= 0.3 is 39.5 Å². The van der Waals surface area contributed by atoms with Gasteiger partial charge in [-0.05, 0) is 186 Å². The molecule has 0 aromatic carbocycles. The Hall–Kier alpha value is -7.14. The molecule has 0 aliphatic heterocycles. The second-order valence-electron chi connectivity index (χ2n) is 26.2. The first-order chi connectivity index (χ1) is 54.7. The van der Waals surface area contributed by atoms with E-state index in [1.165, 1.54) is 0 Å². The maximum Gasteiger partial charge on any atom is 0.472 e. The van der Waals surface area contributed by atoms with Crippen LogP contribution < -0.4 is 0 Å². The number of rotatable bonds is 74. The number of aliphatic hydroxyl groups excluding tert-OH is 1. The van der Waals surface area contributed by atoms with E-state index in [9.17, 15) is 43.2 Å². The minimum atomic E-state index is -5.03. The summed E-state index contributed by atoms with van der Waals surface area (Å²) in [5.74, 6) is -2.47. The molecule has 0 fully saturated rings. The Morgan fingerprint density at radius 1 is 0.259 bits per heavy atom. The highest BCUT2D eigenvalue weighted by Gasteiger charge is 2.30. The Labute approximate surface area is 676 Å². The predicted molar refractivity (Wildman–Crippen MR) is 463 cm³/mol. The second-order valence-corrected chi connectivity index (χ2v) is 29.1. The number of hydrogen-bond donors (Lipinski definition) is 3. The lowest BCUT2D eigenvalue weighted by molar-refractivity contribution is -0.161. The number of esters is 4. The van der Waals surface area contributed by atoms with Crippen molar-refractivity contribution in [3.8, 4) is 0 Å². The third-order valence-corrected chi connectivity index (χ3v) is 17.7. The number of carbonyl (C=O) groups excluding carboxylic acids is 4. The van der Waals surface area contributed by atoms with E-state index < -0.39 is 97.5 Å². The number of unbranched alkanes of at least 4 members (excludes halogenated alkanes) is 9. The van der Waals surface area contributed by atoms with Crippen LogP contribution >= 0.6 is 15.6 Å². The molecule has 0 aliphatic carbocycles. The molecule has 0 saturated heterocycles. The van der Waals surface area contributed by atoms with Crippen LogP contribution in [0.1, 0.15) is 259 Å². The first-order valence-electron chi connectivity index (χ1n) is 41.3. The van der Waals surface area contributed by atoms with Crippen LogP contribution in [0.4, 0.5) is 0 Å². The zero-order valence-electron chi connectivity index (χ0n) is 68.5. The topological polar surface area (TPSA) is 237 Å². The van der Waals surface area contributed by atoms with Crippen LogP contribution in [0.25, 0.3) is 0 Å². The molecule has 5 atom stereocenters. The van der Waals surface area contributed by atoms with Crippen molar-refractivity contribution < 1.29 is 80.2 Å². The number of carbonyl (C=O) groups is 4. The van der Waals surface area contributed by atoms with Crippen LogP contribution in [0.5, 0.6) is 0 Å². The Kier molecular flexibility index (Phi) is 76.6. The zero-order valence-corrected chi connectivity index (χ0v) is 70.3. The third kappa shape index (κ3) is 80.9. The molecular weight excluding hydrogens is 1450 g/mol. The Balaban J connectivity index is 5.58. The van der Waals surface area contributed by atoms with Gasteiger partial charge in [-0.3, -0.25) is 37.3 Å². The minimum Gasteiger partial charge on any atom is -0.462 e. The lowest BCUT2D eigenvalue weighted by Gasteiger charge is -2.21. The summed E-state index contributed by atoms with van der Waals surface area (Å²) in [4.78, 5) is 73.1. The number of phosphoric acid groups is 2. The van der Waals surface area contributed by atoms with Gasteiger partial charge in [-0.25, -0.2) is 9.13 Å². The molecule has 0 amide bonds. The van der Waals surface area contributed by atoms with Crippen molar-refractivity contribution in [1.82, 2.24) is 0 Å². The second kappa shape index (κ2) is 81.9. The first-order valence-corrected chi connectivity index (χ1v) is 44.3. The van der Waals surface area contributed by atoms with E-state index in [0.717, 1.165) is 180 Å². The van der Waals surface area contributed by atoms with Crippen LogP contribution in [0, 0.1) is 0 Å². The number of ether oxygens (including phenoxy) is 4. The van der Waals surface area contributed by atoms with E-state index in [2.05, 4.69) is 246 Å². The number of aliphatic hydroxyl groups is 1. The van der Waals surface area contributed by atoms with Crippen molar-refractivity contribution in [3.05, 3.63) is 243 Å². The third-order valence-electron chi connectivity index (χ3n) is 15.8. The lowest BCUT2D eigenvalue weighted by atomic mass is 10.1. The van der Waals surface area contributed by atoms with Gasteiger partial charge in [0.25, 0.3) is 0 Å². The highest BCUT2D eigenvalue weighted by Crippen LogP contribution is 2.45. The van der Waals surface area contributed by atoms with E-state index in [1.807, 2.05) is 12.2 Å². The molecule has 3 N–H and O–H groups in total. The molecule has 0 heterocycles. The monoisotopic (exact) mass is 1590 g/mol. The molecule has 5 unspecified atom stereocenters. The molecule has 626 valence electrons. The summed E-state index contributed by atoms with van der Waals surface area (Å²) in [5.41, 5.74) is 0. The Bertz CT molecular complexity index is 3090. The van der Waals surface area contributed by atoms with Crippen molar-refractivity contribution in [2.24, 2.45) is 0 Å². The van der Waals surface area contributed by atoms with E-state index >= 15 is 0 Å². The zero-order chi connectivity index (χ0) is 81.7. The molecule has 19 heteroatoms. The fourth-order valence-electron chi connectivity index (χ4n) is 9.73. The number of phosphoric ester groups is 2. The Morgan fingerprint density at radius 2 is 0.473 bits per heavy atom. The fourth-order valence-corrected chi connectivity index (χ4v) is 11.3. The van der Waals surface area contributed by atoms with E-state index in [0.29, 0.717) is 25.7 Å². The normalized spacial score (nSPS) is 15.0. The van der Waals surface area contributed by atoms with Gasteiger partial charge in [0, 0.05) is 19.3 Å². The molecule has 112 heavy (non-hydrogen) atoms. The van der Waals surface area contributed by atoms with Crippen molar-refractivity contribution in [2.45, 2.75) is 277 Å². The molecule has 0 bridgehead atoms. The summed E-state index contributed by atoms with van der Waals surface area (Å²) in [6, 6.07) is 0. The fraction of sp³-hybridized carbons (Fsp3) is 0.527. The van der Waals surface area contributed by atoms with Crippen molar-refractivity contribution in [1.29, 1.82) is 0 Å². The summed E-state index contributed by atoms with van der Waals surface area (Å²) in [6.45, 7) is 4.14. The average Bonchev–Trinajstić information content (AvgIpc) is 0.898. The molecule has 0 saturated carbocycles. The van der Waals surface area contributed by atoms with Crippen molar-refractivity contribution in [2.75, 3.05) is 39.6 Å². The largest absolute Gasteiger partial charge is 0.472 e. The van der Waals surface area contributed by atoms with Crippen LogP contribution in [0.3, 0.4) is 0 Å². The van der Waals surface area contributed by atoms with Gasteiger partial charge in [-0.15, -0.1) is 0 Å². The van der Waals surface area contributed by atoms with Crippen LogP contribution in [0.15, 0.2) is 243 Å². The molecule has 0 aromatic rings. The molecule has 0 spiro atoms. The maximum absolute atomic E-state index is 13.1. The summed E-state index contributed by atoms with van der Waals surface area (Å²) in [6.07, 6.45) is 107. The molecular formula is C93H142O17P2. The summed E-state index contributed by atoms with van der Waals surface area (Å²) in [5, 5.41) is 10.7. The maximum atomic E-state index is 13.1. The number of hydrogen-bond acceptors (Lipinski definition) is 15. The molecule has 0 aromatic heterocycles. The van der Waals surface area contributed by atoms with Crippen LogP contribution in [0.2, 0.25) is 0 Å². The molecule has 17 nitrogen and oxygen atoms in total. The van der Waals surface area contributed by atoms with Gasteiger partial charge in [0.05, 0.1) is 32.8 Å². The minimum absolute atomic E-state index is 0.0330. The van der Waals surface area contributed by atoms with Crippen LogP contribution in [-0.4, -0.2) is 96.7 Å². The highest BCUT2D eigenvalue weighted by atomic mass is 31.2. The van der Waals surface area contributed by atoms with Crippen molar-refractivity contribution >= 4 is 39.5 Å². The summed E-state index contributed by atoms with van der Waals surface area (Å²) >= 11 is 0. The van der Waals surface area contributed by atoms with E-state index in [4.69, 9.17) is 37.0 Å². The quantitative estimate of drug-likeness (QED) is 0.0169. The Morgan fingerprint density at radius 3 is 0.732 bits per heavy atom. The highest BCUT2D eigenvalue weighted by molar-refractivity contribution is 7.47. The smallest absolute Gasteiger partial charge is 0.462 e. The van der Waals surface area contributed by atoms with E-state index in [1.54, 1.807) is 12.2 Å². The summed E-state index contributed by atoms with van der Waals surface area (Å²) in [7, 11) is -10.1.